The predicted octanol–water partition coefficient (Wildman–Crippen LogP) is 3.19. The molecule has 20 heavy (non-hydrogen) atoms. The standard InChI is InChI=1S/C15H21N5/c1-2-5-9-13(10-6-3-1)16-15-17-18-19-20(15)14-11-7-4-8-12-14/h4,7-8,11-13H,1-3,5-6,9-10H2,(H,16,17,19). The Kier molecular flexibility index (Phi) is 4.25. The molecule has 106 valence electrons. The van der Waals surface area contributed by atoms with Gasteiger partial charge in [0.15, 0.2) is 0 Å². The largest absolute Gasteiger partial charge is 0.350 e. The van der Waals surface area contributed by atoms with E-state index in [-0.39, 0.29) is 0 Å². The quantitative estimate of drug-likeness (QED) is 0.931. The monoisotopic (exact) mass is 271 g/mol. The van der Waals surface area contributed by atoms with E-state index in [1.54, 1.807) is 4.68 Å². The number of anilines is 1. The van der Waals surface area contributed by atoms with Crippen molar-refractivity contribution in [1.29, 1.82) is 0 Å². The Morgan fingerprint density at radius 3 is 2.40 bits per heavy atom. The van der Waals surface area contributed by atoms with E-state index in [9.17, 15) is 0 Å². The van der Waals surface area contributed by atoms with Gasteiger partial charge in [0.1, 0.15) is 0 Å². The number of aromatic nitrogens is 4. The van der Waals surface area contributed by atoms with Crippen LogP contribution in [0.1, 0.15) is 44.9 Å². The van der Waals surface area contributed by atoms with Crippen molar-refractivity contribution >= 4 is 5.95 Å². The number of nitrogens with zero attached hydrogens (tertiary/aromatic N) is 4. The summed E-state index contributed by atoms with van der Waals surface area (Å²) in [6, 6.07) is 10.5. The van der Waals surface area contributed by atoms with Gasteiger partial charge in [-0.1, -0.05) is 55.4 Å². The number of rotatable bonds is 3. The van der Waals surface area contributed by atoms with Crippen LogP contribution in [-0.2, 0) is 0 Å². The van der Waals surface area contributed by atoms with E-state index in [1.165, 1.54) is 44.9 Å². The molecule has 2 aromatic rings. The normalized spacial score (nSPS) is 17.4. The Morgan fingerprint density at radius 2 is 1.65 bits per heavy atom. The van der Waals surface area contributed by atoms with E-state index in [0.29, 0.717) is 6.04 Å². The summed E-state index contributed by atoms with van der Waals surface area (Å²) in [7, 11) is 0. The first-order valence-electron chi connectivity index (χ1n) is 7.54. The van der Waals surface area contributed by atoms with E-state index in [2.05, 4.69) is 20.8 Å². The second kappa shape index (κ2) is 6.50. The van der Waals surface area contributed by atoms with Gasteiger partial charge in [-0.25, -0.2) is 0 Å². The highest BCUT2D eigenvalue weighted by Gasteiger charge is 2.15. The number of benzene rings is 1. The van der Waals surface area contributed by atoms with Crippen LogP contribution in [0, 0.1) is 0 Å². The van der Waals surface area contributed by atoms with Crippen molar-refractivity contribution < 1.29 is 0 Å². The topological polar surface area (TPSA) is 55.6 Å². The first-order chi connectivity index (χ1) is 9.93. The summed E-state index contributed by atoms with van der Waals surface area (Å²) >= 11 is 0. The summed E-state index contributed by atoms with van der Waals surface area (Å²) in [4.78, 5) is 0. The van der Waals surface area contributed by atoms with Gasteiger partial charge in [0.05, 0.1) is 5.69 Å². The van der Waals surface area contributed by atoms with Crippen molar-refractivity contribution in [1.82, 2.24) is 20.2 Å². The molecule has 0 radical (unpaired) electrons. The molecule has 5 nitrogen and oxygen atoms in total. The highest BCUT2D eigenvalue weighted by molar-refractivity contribution is 5.38. The second-order valence-electron chi connectivity index (χ2n) is 5.44. The smallest absolute Gasteiger partial charge is 0.247 e. The van der Waals surface area contributed by atoms with Crippen LogP contribution in [0.5, 0.6) is 0 Å². The third-order valence-corrected chi connectivity index (χ3v) is 3.91. The van der Waals surface area contributed by atoms with Gasteiger partial charge in [0.2, 0.25) is 5.95 Å². The maximum absolute atomic E-state index is 4.13. The molecule has 1 heterocycles. The van der Waals surface area contributed by atoms with Crippen LogP contribution in [-0.4, -0.2) is 26.2 Å². The second-order valence-corrected chi connectivity index (χ2v) is 5.44. The summed E-state index contributed by atoms with van der Waals surface area (Å²) < 4.78 is 1.78. The molecule has 0 bridgehead atoms. The lowest BCUT2D eigenvalue weighted by Crippen LogP contribution is -2.22. The van der Waals surface area contributed by atoms with Gasteiger partial charge in [0, 0.05) is 6.04 Å². The molecule has 0 aliphatic heterocycles. The molecule has 0 atom stereocenters. The van der Waals surface area contributed by atoms with Gasteiger partial charge in [-0.05, 0) is 35.4 Å². The van der Waals surface area contributed by atoms with Gasteiger partial charge in [-0.15, -0.1) is 0 Å². The minimum Gasteiger partial charge on any atom is -0.350 e. The van der Waals surface area contributed by atoms with Crippen LogP contribution in [0.2, 0.25) is 0 Å². The number of para-hydroxylation sites is 1. The third kappa shape index (κ3) is 3.15. The third-order valence-electron chi connectivity index (χ3n) is 3.91. The zero-order valence-electron chi connectivity index (χ0n) is 11.7. The fourth-order valence-corrected chi connectivity index (χ4v) is 2.80. The number of nitrogens with one attached hydrogen (secondary N) is 1. The molecule has 5 heteroatoms. The average molecular weight is 271 g/mol. The average Bonchev–Trinajstić information content (AvgIpc) is 2.91. The molecule has 0 spiro atoms. The first-order valence-corrected chi connectivity index (χ1v) is 7.54. The van der Waals surface area contributed by atoms with Crippen molar-refractivity contribution in [3.63, 3.8) is 0 Å². The number of tetrazole rings is 1. The Bertz CT molecular complexity index is 514. The number of hydrogen-bond acceptors (Lipinski definition) is 4. The Morgan fingerprint density at radius 1 is 0.950 bits per heavy atom. The zero-order chi connectivity index (χ0) is 13.6. The Balaban J connectivity index is 1.73. The van der Waals surface area contributed by atoms with Gasteiger partial charge in [-0.2, -0.15) is 4.68 Å². The molecular weight excluding hydrogens is 250 g/mol. The van der Waals surface area contributed by atoms with Crippen molar-refractivity contribution in [2.24, 2.45) is 0 Å². The molecule has 3 rings (SSSR count). The predicted molar refractivity (Wildman–Crippen MR) is 78.9 cm³/mol. The molecule has 0 unspecified atom stereocenters. The lowest BCUT2D eigenvalue weighted by atomic mass is 9.97. The van der Waals surface area contributed by atoms with Crippen LogP contribution in [0.15, 0.2) is 30.3 Å². The summed E-state index contributed by atoms with van der Waals surface area (Å²) in [5.74, 6) is 0.752. The summed E-state index contributed by atoms with van der Waals surface area (Å²) in [5.41, 5.74) is 0.992. The van der Waals surface area contributed by atoms with Crippen LogP contribution in [0.4, 0.5) is 5.95 Å². The molecule has 1 aliphatic carbocycles. The van der Waals surface area contributed by atoms with E-state index in [1.807, 2.05) is 30.3 Å². The van der Waals surface area contributed by atoms with Gasteiger partial charge < -0.3 is 5.32 Å². The summed E-state index contributed by atoms with van der Waals surface area (Å²) in [6.45, 7) is 0. The van der Waals surface area contributed by atoms with Crippen LogP contribution >= 0.6 is 0 Å². The highest BCUT2D eigenvalue weighted by atomic mass is 15.6. The maximum atomic E-state index is 4.13. The molecule has 0 amide bonds. The van der Waals surface area contributed by atoms with E-state index < -0.39 is 0 Å². The number of hydrogen-bond donors (Lipinski definition) is 1. The molecule has 1 N–H and O–H groups in total. The molecular formula is C15H21N5. The minimum atomic E-state index is 0.490. The Labute approximate surface area is 119 Å². The molecule has 1 aromatic carbocycles. The summed E-state index contributed by atoms with van der Waals surface area (Å²) in [5, 5.41) is 15.5. The van der Waals surface area contributed by atoms with Crippen LogP contribution in [0.3, 0.4) is 0 Å². The summed E-state index contributed by atoms with van der Waals surface area (Å²) in [6.07, 6.45) is 9.09. The Hall–Kier alpha value is -1.91. The van der Waals surface area contributed by atoms with Gasteiger partial charge >= 0.3 is 0 Å². The maximum Gasteiger partial charge on any atom is 0.247 e. The van der Waals surface area contributed by atoms with Crippen molar-refractivity contribution in [3.8, 4) is 5.69 Å². The van der Waals surface area contributed by atoms with Crippen LogP contribution in [0.25, 0.3) is 5.69 Å². The lowest BCUT2D eigenvalue weighted by Gasteiger charge is -2.21. The van der Waals surface area contributed by atoms with Gasteiger partial charge in [-0.3, -0.25) is 0 Å². The first kappa shape index (κ1) is 13.1. The SMILES string of the molecule is c1ccc(-n2nnnc2NC2CCCCCCC2)cc1. The van der Waals surface area contributed by atoms with E-state index in [0.717, 1.165) is 11.6 Å². The van der Waals surface area contributed by atoms with E-state index in [4.69, 9.17) is 0 Å². The fraction of sp³-hybridized carbons (Fsp3) is 0.533. The molecule has 0 saturated heterocycles. The molecule has 1 aliphatic rings. The van der Waals surface area contributed by atoms with Crippen molar-refractivity contribution in [3.05, 3.63) is 30.3 Å². The van der Waals surface area contributed by atoms with Crippen LogP contribution < -0.4 is 5.32 Å². The molecule has 1 fully saturated rings. The highest BCUT2D eigenvalue weighted by Crippen LogP contribution is 2.20. The molecule has 1 aromatic heterocycles. The van der Waals surface area contributed by atoms with Crippen molar-refractivity contribution in [2.45, 2.75) is 51.0 Å². The lowest BCUT2D eigenvalue weighted by molar-refractivity contribution is 0.469. The zero-order valence-corrected chi connectivity index (χ0v) is 11.7. The van der Waals surface area contributed by atoms with Crippen molar-refractivity contribution in [2.75, 3.05) is 5.32 Å². The fourth-order valence-electron chi connectivity index (χ4n) is 2.80. The minimum absolute atomic E-state index is 0.490. The van der Waals surface area contributed by atoms with Gasteiger partial charge in [0.25, 0.3) is 0 Å². The van der Waals surface area contributed by atoms with E-state index >= 15 is 0 Å². The molecule has 1 saturated carbocycles.